The molecule has 0 aliphatic heterocycles. The maximum atomic E-state index is 9.09. The van der Waals surface area contributed by atoms with E-state index in [9.17, 15) is 0 Å². The Balaban J connectivity index is 2.42. The molecule has 0 amide bonds. The van der Waals surface area contributed by atoms with Gasteiger partial charge in [-0.05, 0) is 41.1 Å². The molecule has 0 bridgehead atoms. The van der Waals surface area contributed by atoms with Gasteiger partial charge in [0.05, 0.1) is 18.2 Å². The van der Waals surface area contributed by atoms with Crippen molar-refractivity contribution in [2.75, 3.05) is 7.11 Å². The number of hydrogen-bond donors (Lipinski definition) is 1. The van der Waals surface area contributed by atoms with Crippen LogP contribution in [0.5, 0.6) is 5.75 Å². The van der Waals surface area contributed by atoms with E-state index in [2.05, 4.69) is 25.9 Å². The minimum Gasteiger partial charge on any atom is -0.496 e. The number of hydrogen-bond acceptors (Lipinski definition) is 4. The number of ether oxygens (including phenoxy) is 1. The van der Waals surface area contributed by atoms with Crippen LogP contribution in [0.4, 0.5) is 0 Å². The second-order valence-electron chi connectivity index (χ2n) is 3.81. The summed E-state index contributed by atoms with van der Waals surface area (Å²) in [6.07, 6.45) is 1.65. The van der Waals surface area contributed by atoms with Crippen molar-refractivity contribution in [3.8, 4) is 17.1 Å². The summed E-state index contributed by atoms with van der Waals surface area (Å²) in [7, 11) is 1.62. The lowest BCUT2D eigenvalue weighted by atomic mass is 10.2. The van der Waals surface area contributed by atoms with Crippen molar-refractivity contribution in [1.29, 1.82) is 0 Å². The third kappa shape index (κ3) is 2.52. The quantitative estimate of drug-likeness (QED) is 0.947. The van der Waals surface area contributed by atoms with Crippen molar-refractivity contribution in [2.45, 2.75) is 13.5 Å². The van der Waals surface area contributed by atoms with Crippen molar-refractivity contribution < 1.29 is 9.84 Å². The van der Waals surface area contributed by atoms with Gasteiger partial charge in [0.25, 0.3) is 0 Å². The van der Waals surface area contributed by atoms with Crippen molar-refractivity contribution in [1.82, 2.24) is 9.97 Å². The predicted octanol–water partition coefficient (Wildman–Crippen LogP) is 2.72. The van der Waals surface area contributed by atoms with Crippen LogP contribution < -0.4 is 4.74 Å². The van der Waals surface area contributed by atoms with Crippen LogP contribution in [-0.4, -0.2) is 22.2 Å². The molecule has 2 rings (SSSR count). The highest BCUT2D eigenvalue weighted by Crippen LogP contribution is 2.29. The van der Waals surface area contributed by atoms with Crippen molar-refractivity contribution in [3.05, 3.63) is 40.1 Å². The van der Waals surface area contributed by atoms with Crippen LogP contribution in [0.1, 0.15) is 11.3 Å². The fourth-order valence-electron chi connectivity index (χ4n) is 1.59. The maximum Gasteiger partial charge on any atom is 0.159 e. The molecule has 5 heteroatoms. The number of aromatic nitrogens is 2. The number of aliphatic hydroxyl groups excluding tert-OH is 1. The van der Waals surface area contributed by atoms with Crippen LogP contribution in [0.3, 0.4) is 0 Å². The van der Waals surface area contributed by atoms with Gasteiger partial charge < -0.3 is 9.84 Å². The third-order valence-corrected chi connectivity index (χ3v) is 3.28. The summed E-state index contributed by atoms with van der Waals surface area (Å²) in [5, 5.41) is 9.09. The highest BCUT2D eigenvalue weighted by molar-refractivity contribution is 9.10. The summed E-state index contributed by atoms with van der Waals surface area (Å²) in [4.78, 5) is 8.62. The van der Waals surface area contributed by atoms with E-state index in [-0.39, 0.29) is 6.61 Å². The van der Waals surface area contributed by atoms with Gasteiger partial charge in [-0.3, -0.25) is 0 Å². The molecule has 0 saturated carbocycles. The first-order chi connectivity index (χ1) is 8.65. The van der Waals surface area contributed by atoms with Crippen LogP contribution in [0.2, 0.25) is 0 Å². The molecule has 1 heterocycles. The first kappa shape index (κ1) is 13.0. The van der Waals surface area contributed by atoms with Gasteiger partial charge in [-0.25, -0.2) is 9.97 Å². The Hall–Kier alpha value is -1.46. The molecule has 0 fully saturated rings. The van der Waals surface area contributed by atoms with Gasteiger partial charge in [0.2, 0.25) is 0 Å². The average molecular weight is 309 g/mol. The summed E-state index contributed by atoms with van der Waals surface area (Å²) in [5.74, 6) is 1.40. The van der Waals surface area contributed by atoms with Crippen LogP contribution in [0.25, 0.3) is 11.4 Å². The molecule has 0 unspecified atom stereocenters. The minimum absolute atomic E-state index is 0.0432. The number of aliphatic hydroxyl groups is 1. The van der Waals surface area contributed by atoms with E-state index in [1.165, 1.54) is 0 Å². The number of nitrogens with zero attached hydrogens (tertiary/aromatic N) is 2. The second kappa shape index (κ2) is 5.46. The zero-order valence-electron chi connectivity index (χ0n) is 10.1. The van der Waals surface area contributed by atoms with E-state index >= 15 is 0 Å². The fourth-order valence-corrected chi connectivity index (χ4v) is 2.13. The van der Waals surface area contributed by atoms with E-state index in [0.29, 0.717) is 5.82 Å². The highest BCUT2D eigenvalue weighted by atomic mass is 79.9. The van der Waals surface area contributed by atoms with Crippen LogP contribution >= 0.6 is 15.9 Å². The topological polar surface area (TPSA) is 55.2 Å². The largest absolute Gasteiger partial charge is 0.496 e. The van der Waals surface area contributed by atoms with Gasteiger partial charge in [0.15, 0.2) is 5.82 Å². The number of benzene rings is 1. The number of methoxy groups -OCH3 is 1. The van der Waals surface area contributed by atoms with Gasteiger partial charge >= 0.3 is 0 Å². The van der Waals surface area contributed by atoms with Gasteiger partial charge in [0.1, 0.15) is 5.75 Å². The lowest BCUT2D eigenvalue weighted by Gasteiger charge is -2.07. The molecule has 1 N–H and O–H groups in total. The monoisotopic (exact) mass is 308 g/mol. The minimum atomic E-state index is -0.0432. The van der Waals surface area contributed by atoms with E-state index < -0.39 is 0 Å². The molecule has 94 valence electrons. The first-order valence-electron chi connectivity index (χ1n) is 5.43. The van der Waals surface area contributed by atoms with Crippen LogP contribution in [-0.2, 0) is 6.61 Å². The number of halogens is 1. The summed E-state index contributed by atoms with van der Waals surface area (Å²) in [5.41, 5.74) is 2.43. The van der Waals surface area contributed by atoms with Gasteiger partial charge in [-0.2, -0.15) is 0 Å². The third-order valence-electron chi connectivity index (χ3n) is 2.66. The Morgan fingerprint density at radius 2 is 2.17 bits per heavy atom. The zero-order chi connectivity index (χ0) is 13.1. The number of aryl methyl sites for hydroxylation is 1. The molecule has 0 spiro atoms. The Kier molecular flexibility index (Phi) is 3.93. The highest BCUT2D eigenvalue weighted by Gasteiger charge is 2.07. The molecule has 0 aliphatic rings. The van der Waals surface area contributed by atoms with Gasteiger partial charge in [-0.15, -0.1) is 0 Å². The molecule has 0 atom stereocenters. The second-order valence-corrected chi connectivity index (χ2v) is 4.67. The SMILES string of the molecule is COc1ccc(-c2ncc(CO)c(C)n2)cc1Br. The summed E-state index contributed by atoms with van der Waals surface area (Å²) in [6, 6.07) is 5.67. The number of rotatable bonds is 3. The molecule has 1 aromatic carbocycles. The average Bonchev–Trinajstić information content (AvgIpc) is 2.38. The van der Waals surface area contributed by atoms with E-state index in [0.717, 1.165) is 27.0 Å². The van der Waals surface area contributed by atoms with Crippen LogP contribution in [0, 0.1) is 6.92 Å². The standard InChI is InChI=1S/C13H13BrN2O2/c1-8-10(7-17)6-15-13(16-8)9-3-4-12(18-2)11(14)5-9/h3-6,17H,7H2,1-2H3. The Morgan fingerprint density at radius 3 is 2.72 bits per heavy atom. The van der Waals surface area contributed by atoms with E-state index in [4.69, 9.17) is 9.84 Å². The van der Waals surface area contributed by atoms with E-state index in [1.54, 1.807) is 13.3 Å². The van der Waals surface area contributed by atoms with E-state index in [1.807, 2.05) is 25.1 Å². The van der Waals surface area contributed by atoms with Crippen molar-refractivity contribution in [3.63, 3.8) is 0 Å². The van der Waals surface area contributed by atoms with Gasteiger partial charge in [-0.1, -0.05) is 0 Å². The molecular formula is C13H13BrN2O2. The zero-order valence-corrected chi connectivity index (χ0v) is 11.7. The Morgan fingerprint density at radius 1 is 1.39 bits per heavy atom. The Bertz CT molecular complexity index is 521. The maximum absolute atomic E-state index is 9.09. The molecule has 4 nitrogen and oxygen atoms in total. The molecule has 1 aromatic heterocycles. The summed E-state index contributed by atoms with van der Waals surface area (Å²) < 4.78 is 6.03. The lowest BCUT2D eigenvalue weighted by Crippen LogP contribution is -1.98. The summed E-state index contributed by atoms with van der Waals surface area (Å²) in [6.45, 7) is 1.81. The fraction of sp³-hybridized carbons (Fsp3) is 0.231. The predicted molar refractivity (Wildman–Crippen MR) is 72.4 cm³/mol. The molecule has 0 aliphatic carbocycles. The molecule has 0 radical (unpaired) electrons. The van der Waals surface area contributed by atoms with Crippen molar-refractivity contribution in [2.24, 2.45) is 0 Å². The molecule has 18 heavy (non-hydrogen) atoms. The lowest BCUT2D eigenvalue weighted by molar-refractivity contribution is 0.280. The molecule has 2 aromatic rings. The van der Waals surface area contributed by atoms with Gasteiger partial charge in [0, 0.05) is 23.0 Å². The first-order valence-corrected chi connectivity index (χ1v) is 6.22. The molecule has 0 saturated heterocycles. The smallest absolute Gasteiger partial charge is 0.159 e. The molecular weight excluding hydrogens is 296 g/mol. The summed E-state index contributed by atoms with van der Waals surface area (Å²) >= 11 is 3.43. The Labute approximate surface area is 114 Å². The van der Waals surface area contributed by atoms with Crippen molar-refractivity contribution >= 4 is 15.9 Å². The normalized spacial score (nSPS) is 10.4. The van der Waals surface area contributed by atoms with Crippen LogP contribution in [0.15, 0.2) is 28.9 Å².